The molecule has 2 rings (SSSR count). The minimum atomic E-state index is -0.541. The molecule has 2 atom stereocenters. The van der Waals surface area contributed by atoms with E-state index in [4.69, 9.17) is 9.47 Å². The quantitative estimate of drug-likeness (QED) is 0.466. The standard InChI is InChI=1S/C14H18N2O5/c1-9(17)11-6-10(4-5-12(11)16(18)19)15-7-13(20-2)14(8-15)21-3/h4-6,13-14H,7-8H2,1-3H3. The van der Waals surface area contributed by atoms with E-state index in [-0.39, 0.29) is 29.2 Å². The Balaban J connectivity index is 2.31. The lowest BCUT2D eigenvalue weighted by Gasteiger charge is -2.18. The molecule has 0 aliphatic carbocycles. The normalized spacial score (nSPS) is 21.6. The Labute approximate surface area is 122 Å². The van der Waals surface area contributed by atoms with Crippen LogP contribution in [-0.4, -0.2) is 50.2 Å². The van der Waals surface area contributed by atoms with Crippen LogP contribution in [0.2, 0.25) is 0 Å². The second-order valence-corrected chi connectivity index (χ2v) is 4.97. The van der Waals surface area contributed by atoms with Gasteiger partial charge in [-0.2, -0.15) is 0 Å². The summed E-state index contributed by atoms with van der Waals surface area (Å²) in [5.74, 6) is -0.325. The van der Waals surface area contributed by atoms with Crippen molar-refractivity contribution < 1.29 is 19.2 Å². The summed E-state index contributed by atoms with van der Waals surface area (Å²) in [6, 6.07) is 4.58. The third-order valence-electron chi connectivity index (χ3n) is 3.74. The molecule has 21 heavy (non-hydrogen) atoms. The largest absolute Gasteiger partial charge is 0.377 e. The Morgan fingerprint density at radius 3 is 2.29 bits per heavy atom. The molecule has 7 nitrogen and oxygen atoms in total. The number of benzene rings is 1. The van der Waals surface area contributed by atoms with Crippen molar-refractivity contribution in [3.8, 4) is 0 Å². The topological polar surface area (TPSA) is 81.9 Å². The van der Waals surface area contributed by atoms with Gasteiger partial charge in [-0.15, -0.1) is 0 Å². The number of nitro groups is 1. The van der Waals surface area contributed by atoms with Crippen molar-refractivity contribution in [2.45, 2.75) is 19.1 Å². The summed E-state index contributed by atoms with van der Waals surface area (Å²) in [5.41, 5.74) is 0.705. The average Bonchev–Trinajstić information content (AvgIpc) is 2.89. The maximum absolute atomic E-state index is 11.6. The van der Waals surface area contributed by atoms with Crippen LogP contribution in [0, 0.1) is 10.1 Å². The molecule has 1 aromatic rings. The van der Waals surface area contributed by atoms with Gasteiger partial charge >= 0.3 is 0 Å². The number of carbonyl (C=O) groups is 1. The smallest absolute Gasteiger partial charge is 0.280 e. The fourth-order valence-corrected chi connectivity index (χ4v) is 2.57. The zero-order valence-corrected chi connectivity index (χ0v) is 12.2. The van der Waals surface area contributed by atoms with E-state index in [1.807, 2.05) is 4.90 Å². The Hall–Kier alpha value is -1.99. The van der Waals surface area contributed by atoms with Crippen LogP contribution in [0.3, 0.4) is 0 Å². The Morgan fingerprint density at radius 2 is 1.86 bits per heavy atom. The molecular weight excluding hydrogens is 276 g/mol. The summed E-state index contributed by atoms with van der Waals surface area (Å²) >= 11 is 0. The van der Waals surface area contributed by atoms with Crippen molar-refractivity contribution in [2.24, 2.45) is 0 Å². The van der Waals surface area contributed by atoms with Crippen LogP contribution in [0.25, 0.3) is 0 Å². The molecule has 7 heteroatoms. The monoisotopic (exact) mass is 294 g/mol. The summed E-state index contributed by atoms with van der Waals surface area (Å²) in [4.78, 5) is 24.0. The van der Waals surface area contributed by atoms with Crippen molar-refractivity contribution in [2.75, 3.05) is 32.2 Å². The van der Waals surface area contributed by atoms with Crippen molar-refractivity contribution in [1.29, 1.82) is 0 Å². The fraction of sp³-hybridized carbons (Fsp3) is 0.500. The molecule has 0 aromatic heterocycles. The van der Waals surface area contributed by atoms with Crippen LogP contribution in [-0.2, 0) is 9.47 Å². The van der Waals surface area contributed by atoms with E-state index in [2.05, 4.69) is 0 Å². The highest BCUT2D eigenvalue weighted by molar-refractivity contribution is 5.99. The number of hydrogen-bond acceptors (Lipinski definition) is 6. The van der Waals surface area contributed by atoms with Crippen LogP contribution < -0.4 is 4.90 Å². The summed E-state index contributed by atoms with van der Waals surface area (Å²) in [5, 5.41) is 11.0. The number of nitro benzene ring substituents is 1. The molecule has 1 aromatic carbocycles. The van der Waals surface area contributed by atoms with Gasteiger partial charge in [-0.25, -0.2) is 0 Å². The van der Waals surface area contributed by atoms with E-state index in [0.29, 0.717) is 13.1 Å². The molecule has 1 saturated heterocycles. The molecule has 1 aliphatic rings. The number of Topliss-reactive ketones (excluding diaryl/α,β-unsaturated/α-hetero) is 1. The summed E-state index contributed by atoms with van der Waals surface area (Å²) in [6.45, 7) is 2.56. The van der Waals surface area contributed by atoms with Gasteiger partial charge in [0.2, 0.25) is 0 Å². The summed E-state index contributed by atoms with van der Waals surface area (Å²) in [7, 11) is 3.24. The van der Waals surface area contributed by atoms with Gasteiger partial charge in [0, 0.05) is 39.1 Å². The first-order chi connectivity index (χ1) is 9.97. The Bertz CT molecular complexity index is 548. The van der Waals surface area contributed by atoms with Crippen LogP contribution in [0.5, 0.6) is 0 Å². The predicted octanol–water partition coefficient (Wildman–Crippen LogP) is 1.65. The van der Waals surface area contributed by atoms with Crippen molar-refractivity contribution >= 4 is 17.2 Å². The van der Waals surface area contributed by atoms with Gasteiger partial charge in [0.25, 0.3) is 5.69 Å². The molecule has 0 radical (unpaired) electrons. The zero-order chi connectivity index (χ0) is 15.6. The van der Waals surface area contributed by atoms with Crippen LogP contribution in [0.1, 0.15) is 17.3 Å². The molecule has 1 heterocycles. The minimum Gasteiger partial charge on any atom is -0.377 e. The van der Waals surface area contributed by atoms with Crippen LogP contribution >= 0.6 is 0 Å². The number of ketones is 1. The van der Waals surface area contributed by atoms with Gasteiger partial charge in [0.15, 0.2) is 5.78 Å². The van der Waals surface area contributed by atoms with E-state index in [9.17, 15) is 14.9 Å². The van der Waals surface area contributed by atoms with Crippen molar-refractivity contribution in [3.63, 3.8) is 0 Å². The lowest BCUT2D eigenvalue weighted by Crippen LogP contribution is -2.27. The number of anilines is 1. The first-order valence-electron chi connectivity index (χ1n) is 6.57. The third kappa shape index (κ3) is 3.03. The molecule has 0 N–H and O–H groups in total. The molecule has 1 fully saturated rings. The highest BCUT2D eigenvalue weighted by Crippen LogP contribution is 2.29. The Kier molecular flexibility index (Phi) is 4.54. The maximum Gasteiger partial charge on any atom is 0.280 e. The highest BCUT2D eigenvalue weighted by Gasteiger charge is 2.33. The lowest BCUT2D eigenvalue weighted by atomic mass is 10.1. The van der Waals surface area contributed by atoms with Gasteiger partial charge in [0.1, 0.15) is 12.2 Å². The highest BCUT2D eigenvalue weighted by atomic mass is 16.6. The van der Waals surface area contributed by atoms with E-state index < -0.39 is 4.92 Å². The lowest BCUT2D eigenvalue weighted by molar-refractivity contribution is -0.385. The first kappa shape index (κ1) is 15.4. The van der Waals surface area contributed by atoms with Crippen LogP contribution in [0.15, 0.2) is 18.2 Å². The van der Waals surface area contributed by atoms with E-state index >= 15 is 0 Å². The van der Waals surface area contributed by atoms with Crippen molar-refractivity contribution in [3.05, 3.63) is 33.9 Å². The molecule has 0 amide bonds. The molecule has 2 unspecified atom stereocenters. The minimum absolute atomic E-state index is 0.0639. The molecule has 0 bridgehead atoms. The van der Waals surface area contributed by atoms with Gasteiger partial charge in [-0.3, -0.25) is 14.9 Å². The SMILES string of the molecule is COC1CN(c2ccc([N+](=O)[O-])c(C(C)=O)c2)CC1OC. The molecule has 0 saturated carbocycles. The number of carbonyl (C=O) groups excluding carboxylic acids is 1. The predicted molar refractivity (Wildman–Crippen MR) is 76.9 cm³/mol. The van der Waals surface area contributed by atoms with Gasteiger partial charge in [-0.1, -0.05) is 0 Å². The van der Waals surface area contributed by atoms with E-state index in [1.54, 1.807) is 26.4 Å². The number of rotatable bonds is 5. The van der Waals surface area contributed by atoms with E-state index in [0.717, 1.165) is 5.69 Å². The maximum atomic E-state index is 11.6. The number of ether oxygens (including phenoxy) is 2. The second-order valence-electron chi connectivity index (χ2n) is 4.97. The molecule has 0 spiro atoms. The Morgan fingerprint density at radius 1 is 1.29 bits per heavy atom. The van der Waals surface area contributed by atoms with Gasteiger partial charge < -0.3 is 14.4 Å². The number of hydrogen-bond donors (Lipinski definition) is 0. The second kappa shape index (κ2) is 6.19. The van der Waals surface area contributed by atoms with Gasteiger partial charge in [-0.05, 0) is 19.1 Å². The average molecular weight is 294 g/mol. The fourth-order valence-electron chi connectivity index (χ4n) is 2.57. The van der Waals surface area contributed by atoms with Crippen molar-refractivity contribution in [1.82, 2.24) is 0 Å². The zero-order valence-electron chi connectivity index (χ0n) is 12.2. The molecular formula is C14H18N2O5. The molecule has 1 aliphatic heterocycles. The third-order valence-corrected chi connectivity index (χ3v) is 3.74. The molecule has 114 valence electrons. The first-order valence-corrected chi connectivity index (χ1v) is 6.57. The van der Waals surface area contributed by atoms with Gasteiger partial charge in [0.05, 0.1) is 10.5 Å². The van der Waals surface area contributed by atoms with Crippen LogP contribution in [0.4, 0.5) is 11.4 Å². The summed E-state index contributed by atoms with van der Waals surface area (Å²) in [6.07, 6.45) is -0.128. The number of methoxy groups -OCH3 is 2. The number of nitrogens with zero attached hydrogens (tertiary/aromatic N) is 2. The summed E-state index contributed by atoms with van der Waals surface area (Å²) < 4.78 is 10.7. The van der Waals surface area contributed by atoms with E-state index in [1.165, 1.54) is 13.0 Å².